The first-order valence-electron chi connectivity index (χ1n) is 10.2. The third-order valence-corrected chi connectivity index (χ3v) is 6.27. The van der Waals surface area contributed by atoms with Crippen molar-refractivity contribution in [3.63, 3.8) is 0 Å². The molecular formula is C25H26N4S. The van der Waals surface area contributed by atoms with Gasteiger partial charge >= 0.3 is 0 Å². The summed E-state index contributed by atoms with van der Waals surface area (Å²) in [6.45, 7) is 11.1. The van der Waals surface area contributed by atoms with Gasteiger partial charge in [0.1, 0.15) is 0 Å². The number of thioether (sulfide) groups is 1. The summed E-state index contributed by atoms with van der Waals surface area (Å²) in [5.41, 5.74) is 5.26. The molecule has 0 aliphatic heterocycles. The molecule has 4 nitrogen and oxygen atoms in total. The van der Waals surface area contributed by atoms with Crippen LogP contribution in [0.4, 0.5) is 0 Å². The van der Waals surface area contributed by atoms with E-state index in [9.17, 15) is 0 Å². The maximum atomic E-state index is 4.92. The molecule has 5 heteroatoms. The third-order valence-electron chi connectivity index (χ3n) is 4.88. The molecule has 0 fully saturated rings. The second-order valence-corrected chi connectivity index (χ2v) is 8.84. The van der Waals surface area contributed by atoms with Gasteiger partial charge in [-0.25, -0.2) is 4.98 Å². The van der Waals surface area contributed by atoms with Crippen molar-refractivity contribution in [3.05, 3.63) is 72.8 Å². The monoisotopic (exact) mass is 414 g/mol. The number of para-hydroxylation sites is 1. The topological polar surface area (TPSA) is 43.6 Å². The first kappa shape index (κ1) is 20.4. The Morgan fingerprint density at radius 1 is 1.07 bits per heavy atom. The summed E-state index contributed by atoms with van der Waals surface area (Å²) in [5.74, 6) is 2.44. The van der Waals surface area contributed by atoms with E-state index in [1.165, 1.54) is 5.56 Å². The number of hydrogen-bond acceptors (Lipinski definition) is 4. The molecule has 30 heavy (non-hydrogen) atoms. The van der Waals surface area contributed by atoms with Crippen LogP contribution in [0.25, 0.3) is 33.5 Å². The average molecular weight is 415 g/mol. The van der Waals surface area contributed by atoms with Crippen molar-refractivity contribution in [1.82, 2.24) is 19.7 Å². The number of hydrogen-bond donors (Lipinski definition) is 0. The standard InChI is InChI=1S/C25H26N4S/c1-5-14-29-24(27-28-25(29)30-16-17(2)3)21-15-23(19-12-10-18(4)11-13-19)26-22-9-7-6-8-20(21)22/h5-13,15,17H,1,14,16H2,2-4H3. The normalized spacial score (nSPS) is 11.3. The van der Waals surface area contributed by atoms with Crippen LogP contribution in [-0.2, 0) is 6.54 Å². The molecule has 2 heterocycles. The SMILES string of the molecule is C=CCn1c(SCC(C)C)nnc1-c1cc(-c2ccc(C)cc2)nc2ccccc12. The van der Waals surface area contributed by atoms with E-state index in [1.807, 2.05) is 18.2 Å². The largest absolute Gasteiger partial charge is 0.298 e. The second kappa shape index (κ2) is 8.84. The van der Waals surface area contributed by atoms with Crippen LogP contribution in [0.2, 0.25) is 0 Å². The molecule has 0 spiro atoms. The molecule has 0 atom stereocenters. The number of allylic oxidation sites excluding steroid dienone is 1. The lowest BCUT2D eigenvalue weighted by molar-refractivity contribution is 0.717. The van der Waals surface area contributed by atoms with Gasteiger partial charge in [-0.05, 0) is 25.0 Å². The molecule has 152 valence electrons. The molecule has 2 aromatic heterocycles. The third kappa shape index (κ3) is 4.17. The summed E-state index contributed by atoms with van der Waals surface area (Å²) in [6.07, 6.45) is 1.90. The first-order valence-corrected chi connectivity index (χ1v) is 11.2. The fourth-order valence-electron chi connectivity index (χ4n) is 3.36. The highest BCUT2D eigenvalue weighted by molar-refractivity contribution is 7.99. The summed E-state index contributed by atoms with van der Waals surface area (Å²) < 4.78 is 2.15. The molecule has 0 amide bonds. The zero-order chi connectivity index (χ0) is 21.1. The van der Waals surface area contributed by atoms with Gasteiger partial charge in [0.05, 0.1) is 11.2 Å². The van der Waals surface area contributed by atoms with Crippen molar-refractivity contribution in [2.24, 2.45) is 5.92 Å². The number of aryl methyl sites for hydroxylation is 1. The second-order valence-electron chi connectivity index (χ2n) is 7.85. The van der Waals surface area contributed by atoms with Gasteiger partial charge in [-0.15, -0.1) is 16.8 Å². The zero-order valence-electron chi connectivity index (χ0n) is 17.7. The lowest BCUT2D eigenvalue weighted by atomic mass is 10.0. The van der Waals surface area contributed by atoms with E-state index in [-0.39, 0.29) is 0 Å². The van der Waals surface area contributed by atoms with Crippen molar-refractivity contribution in [3.8, 4) is 22.6 Å². The van der Waals surface area contributed by atoms with E-state index in [0.29, 0.717) is 12.5 Å². The highest BCUT2D eigenvalue weighted by Gasteiger charge is 2.18. The Bertz CT molecular complexity index is 1180. The molecule has 4 aromatic rings. The maximum absolute atomic E-state index is 4.92. The lowest BCUT2D eigenvalue weighted by Crippen LogP contribution is -2.03. The minimum Gasteiger partial charge on any atom is -0.298 e. The Hall–Kier alpha value is -2.92. The van der Waals surface area contributed by atoms with Crippen LogP contribution in [-0.4, -0.2) is 25.5 Å². The minimum absolute atomic E-state index is 0.585. The van der Waals surface area contributed by atoms with Gasteiger partial charge in [0, 0.05) is 28.8 Å². The smallest absolute Gasteiger partial charge is 0.191 e. The van der Waals surface area contributed by atoms with E-state index in [4.69, 9.17) is 4.98 Å². The highest BCUT2D eigenvalue weighted by Crippen LogP contribution is 2.33. The van der Waals surface area contributed by atoms with Crippen molar-refractivity contribution in [1.29, 1.82) is 0 Å². The van der Waals surface area contributed by atoms with Crippen molar-refractivity contribution < 1.29 is 0 Å². The molecule has 0 unspecified atom stereocenters. The minimum atomic E-state index is 0.585. The highest BCUT2D eigenvalue weighted by atomic mass is 32.2. The lowest BCUT2D eigenvalue weighted by Gasteiger charge is -2.12. The van der Waals surface area contributed by atoms with Crippen molar-refractivity contribution in [2.75, 3.05) is 5.75 Å². The van der Waals surface area contributed by atoms with Crippen LogP contribution in [0, 0.1) is 12.8 Å². The predicted octanol–water partition coefficient (Wildman–Crippen LogP) is 6.40. The molecule has 0 saturated carbocycles. The van der Waals surface area contributed by atoms with Gasteiger partial charge in [0.2, 0.25) is 0 Å². The van der Waals surface area contributed by atoms with E-state index >= 15 is 0 Å². The van der Waals surface area contributed by atoms with Crippen LogP contribution in [0.5, 0.6) is 0 Å². The number of benzene rings is 2. The van der Waals surface area contributed by atoms with Crippen molar-refractivity contribution >= 4 is 22.7 Å². The number of pyridine rings is 1. The number of rotatable bonds is 7. The average Bonchev–Trinajstić information content (AvgIpc) is 3.14. The van der Waals surface area contributed by atoms with Gasteiger partial charge in [-0.1, -0.05) is 79.7 Å². The number of nitrogens with zero attached hydrogens (tertiary/aromatic N) is 4. The molecule has 4 rings (SSSR count). The summed E-state index contributed by atoms with van der Waals surface area (Å²) in [6, 6.07) is 18.8. The van der Waals surface area contributed by atoms with Gasteiger partial charge in [-0.3, -0.25) is 4.57 Å². The zero-order valence-corrected chi connectivity index (χ0v) is 18.5. The molecule has 0 aliphatic carbocycles. The quantitative estimate of drug-likeness (QED) is 0.259. The molecule has 0 saturated heterocycles. The van der Waals surface area contributed by atoms with Gasteiger partial charge in [0.15, 0.2) is 11.0 Å². The van der Waals surface area contributed by atoms with Gasteiger partial charge < -0.3 is 0 Å². The predicted molar refractivity (Wildman–Crippen MR) is 127 cm³/mol. The van der Waals surface area contributed by atoms with E-state index < -0.39 is 0 Å². The Labute approximate surface area is 182 Å². The number of aromatic nitrogens is 4. The summed E-state index contributed by atoms with van der Waals surface area (Å²) in [7, 11) is 0. The molecule has 0 bridgehead atoms. The molecular weight excluding hydrogens is 388 g/mol. The maximum Gasteiger partial charge on any atom is 0.191 e. The van der Waals surface area contributed by atoms with Crippen LogP contribution < -0.4 is 0 Å². The van der Waals surface area contributed by atoms with Crippen molar-refractivity contribution in [2.45, 2.75) is 32.5 Å². The molecule has 0 N–H and O–H groups in total. The van der Waals surface area contributed by atoms with Crippen LogP contribution in [0.15, 0.2) is 72.4 Å². The Balaban J connectivity index is 1.89. The molecule has 0 aliphatic rings. The van der Waals surface area contributed by atoms with E-state index in [0.717, 1.165) is 44.5 Å². The summed E-state index contributed by atoms with van der Waals surface area (Å²) in [4.78, 5) is 4.92. The Kier molecular flexibility index (Phi) is 6.00. The molecule has 2 aromatic carbocycles. The molecule has 0 radical (unpaired) electrons. The van der Waals surface area contributed by atoms with Gasteiger partial charge in [-0.2, -0.15) is 0 Å². The van der Waals surface area contributed by atoms with Gasteiger partial charge in [0.25, 0.3) is 0 Å². The fraction of sp³-hybridized carbons (Fsp3) is 0.240. The van der Waals surface area contributed by atoms with E-state index in [2.05, 4.69) is 84.6 Å². The summed E-state index contributed by atoms with van der Waals surface area (Å²) in [5, 5.41) is 11.1. The van der Waals surface area contributed by atoms with Crippen LogP contribution >= 0.6 is 11.8 Å². The Morgan fingerprint density at radius 2 is 1.83 bits per heavy atom. The first-order chi connectivity index (χ1) is 14.6. The van der Waals surface area contributed by atoms with E-state index in [1.54, 1.807) is 11.8 Å². The van der Waals surface area contributed by atoms with Crippen LogP contribution in [0.1, 0.15) is 19.4 Å². The van der Waals surface area contributed by atoms with Crippen LogP contribution in [0.3, 0.4) is 0 Å². The Morgan fingerprint density at radius 3 is 2.57 bits per heavy atom. The number of fused-ring (bicyclic) bond motifs is 1. The fourth-order valence-corrected chi connectivity index (χ4v) is 4.26. The summed E-state index contributed by atoms with van der Waals surface area (Å²) >= 11 is 1.74.